The van der Waals surface area contributed by atoms with Crippen LogP contribution in [0.2, 0.25) is 0 Å². The number of pyridine rings is 1. The number of hydrogen-bond acceptors (Lipinski definition) is 5. The zero-order chi connectivity index (χ0) is 19.5. The largest absolute Gasteiger partial charge is 0.442 e. The van der Waals surface area contributed by atoms with Crippen molar-refractivity contribution in [1.82, 2.24) is 14.9 Å². The summed E-state index contributed by atoms with van der Waals surface area (Å²) in [7, 11) is 0. The van der Waals surface area contributed by atoms with Gasteiger partial charge in [-0.2, -0.15) is 0 Å². The van der Waals surface area contributed by atoms with E-state index in [0.717, 1.165) is 11.3 Å². The number of oxazole rings is 1. The molecule has 1 aliphatic heterocycles. The predicted octanol–water partition coefficient (Wildman–Crippen LogP) is 3.32. The zero-order valence-corrected chi connectivity index (χ0v) is 15.5. The second-order valence-electron chi connectivity index (χ2n) is 6.77. The standard InChI is InChI=1S/C21H20FN3O3/c1-14-2-5-16(11-23-14)21(26)25-8-9-27-19(13-25)20-24-12-18(28-20)10-15-3-6-17(22)7-4-15/h2-7,11-12,19H,8-10,13H2,1H3/t19-/m0/s1. The first-order chi connectivity index (χ1) is 13.6. The van der Waals surface area contributed by atoms with Gasteiger partial charge in [-0.05, 0) is 36.8 Å². The molecular weight excluding hydrogens is 361 g/mol. The van der Waals surface area contributed by atoms with E-state index >= 15 is 0 Å². The molecule has 1 saturated heterocycles. The Bertz CT molecular complexity index is 954. The van der Waals surface area contributed by atoms with E-state index in [1.165, 1.54) is 12.1 Å². The molecule has 1 atom stereocenters. The van der Waals surface area contributed by atoms with Gasteiger partial charge in [-0.15, -0.1) is 0 Å². The molecular formula is C21H20FN3O3. The Hall–Kier alpha value is -3.06. The Kier molecular flexibility index (Phi) is 5.16. The van der Waals surface area contributed by atoms with Crippen molar-refractivity contribution in [2.24, 2.45) is 0 Å². The van der Waals surface area contributed by atoms with E-state index in [2.05, 4.69) is 9.97 Å². The number of benzene rings is 1. The third-order valence-corrected chi connectivity index (χ3v) is 4.65. The van der Waals surface area contributed by atoms with Gasteiger partial charge in [0.2, 0.25) is 5.89 Å². The van der Waals surface area contributed by atoms with Gasteiger partial charge in [0.15, 0.2) is 6.10 Å². The third kappa shape index (κ3) is 4.09. The van der Waals surface area contributed by atoms with Crippen LogP contribution in [0.1, 0.15) is 39.4 Å². The number of nitrogens with zero attached hydrogens (tertiary/aromatic N) is 3. The van der Waals surface area contributed by atoms with Gasteiger partial charge < -0.3 is 14.1 Å². The molecule has 1 fully saturated rings. The monoisotopic (exact) mass is 381 g/mol. The molecule has 0 spiro atoms. The maximum Gasteiger partial charge on any atom is 0.255 e. The average Bonchev–Trinajstić information content (AvgIpc) is 3.18. The van der Waals surface area contributed by atoms with Crippen LogP contribution in [0.4, 0.5) is 4.39 Å². The Morgan fingerprint density at radius 2 is 2.00 bits per heavy atom. The molecule has 1 aliphatic rings. The second kappa shape index (κ2) is 7.90. The molecule has 4 rings (SSSR count). The van der Waals surface area contributed by atoms with Gasteiger partial charge in [-0.25, -0.2) is 9.37 Å². The first-order valence-electron chi connectivity index (χ1n) is 9.11. The van der Waals surface area contributed by atoms with Crippen molar-refractivity contribution in [3.63, 3.8) is 0 Å². The van der Waals surface area contributed by atoms with E-state index in [-0.39, 0.29) is 11.7 Å². The highest BCUT2D eigenvalue weighted by molar-refractivity contribution is 5.94. The van der Waals surface area contributed by atoms with E-state index in [1.54, 1.807) is 35.5 Å². The topological polar surface area (TPSA) is 68.5 Å². The van der Waals surface area contributed by atoms with Gasteiger partial charge in [-0.3, -0.25) is 9.78 Å². The van der Waals surface area contributed by atoms with Gasteiger partial charge in [-0.1, -0.05) is 12.1 Å². The van der Waals surface area contributed by atoms with Crippen LogP contribution >= 0.6 is 0 Å². The summed E-state index contributed by atoms with van der Waals surface area (Å²) in [5, 5.41) is 0. The maximum atomic E-state index is 13.0. The first-order valence-corrected chi connectivity index (χ1v) is 9.11. The molecule has 1 amide bonds. The molecule has 2 aromatic heterocycles. The van der Waals surface area contributed by atoms with E-state index in [9.17, 15) is 9.18 Å². The number of aromatic nitrogens is 2. The molecule has 28 heavy (non-hydrogen) atoms. The minimum Gasteiger partial charge on any atom is -0.442 e. The number of carbonyl (C=O) groups is 1. The molecule has 0 radical (unpaired) electrons. The molecule has 3 heterocycles. The van der Waals surface area contributed by atoms with E-state index < -0.39 is 6.10 Å². The van der Waals surface area contributed by atoms with Crippen molar-refractivity contribution in [2.45, 2.75) is 19.4 Å². The Morgan fingerprint density at radius 3 is 2.75 bits per heavy atom. The number of hydrogen-bond donors (Lipinski definition) is 0. The predicted molar refractivity (Wildman–Crippen MR) is 99.3 cm³/mol. The van der Waals surface area contributed by atoms with Crippen molar-refractivity contribution in [3.05, 3.63) is 83.1 Å². The lowest BCUT2D eigenvalue weighted by Crippen LogP contribution is -2.42. The van der Waals surface area contributed by atoms with Crippen LogP contribution in [0.15, 0.2) is 53.2 Å². The fourth-order valence-corrected chi connectivity index (χ4v) is 3.12. The molecule has 0 unspecified atom stereocenters. The van der Waals surface area contributed by atoms with Gasteiger partial charge in [0.1, 0.15) is 11.6 Å². The minimum atomic E-state index is -0.418. The molecule has 0 N–H and O–H groups in total. The summed E-state index contributed by atoms with van der Waals surface area (Å²) in [5.74, 6) is 0.748. The lowest BCUT2D eigenvalue weighted by molar-refractivity contribution is -0.0349. The van der Waals surface area contributed by atoms with Gasteiger partial charge in [0.05, 0.1) is 24.9 Å². The number of aryl methyl sites for hydroxylation is 1. The molecule has 1 aromatic carbocycles. The smallest absolute Gasteiger partial charge is 0.255 e. The SMILES string of the molecule is Cc1ccc(C(=O)N2CCO[C@H](c3ncc(Cc4ccc(F)cc4)o3)C2)cn1. The summed E-state index contributed by atoms with van der Waals surface area (Å²) in [6.07, 6.45) is 3.33. The van der Waals surface area contributed by atoms with E-state index in [4.69, 9.17) is 9.15 Å². The quantitative estimate of drug-likeness (QED) is 0.693. The molecule has 0 aliphatic carbocycles. The molecule has 0 saturated carbocycles. The Balaban J connectivity index is 1.43. The van der Waals surface area contributed by atoms with Crippen LogP contribution < -0.4 is 0 Å². The average molecular weight is 381 g/mol. The highest BCUT2D eigenvalue weighted by atomic mass is 19.1. The highest BCUT2D eigenvalue weighted by Crippen LogP contribution is 2.24. The van der Waals surface area contributed by atoms with Crippen molar-refractivity contribution >= 4 is 5.91 Å². The third-order valence-electron chi connectivity index (χ3n) is 4.65. The fraction of sp³-hybridized carbons (Fsp3) is 0.286. The van der Waals surface area contributed by atoms with Crippen LogP contribution in [0.25, 0.3) is 0 Å². The first kappa shape index (κ1) is 18.3. The number of ether oxygens (including phenoxy) is 1. The van der Waals surface area contributed by atoms with Crippen LogP contribution in [-0.2, 0) is 11.2 Å². The summed E-state index contributed by atoms with van der Waals surface area (Å²) in [4.78, 5) is 22.9. The lowest BCUT2D eigenvalue weighted by Gasteiger charge is -2.31. The molecule has 6 nitrogen and oxygen atoms in total. The van der Waals surface area contributed by atoms with Gasteiger partial charge in [0.25, 0.3) is 5.91 Å². The van der Waals surface area contributed by atoms with Crippen LogP contribution in [0, 0.1) is 12.7 Å². The summed E-state index contributed by atoms with van der Waals surface area (Å²) < 4.78 is 24.6. The van der Waals surface area contributed by atoms with E-state index in [1.807, 2.05) is 13.0 Å². The molecule has 0 bridgehead atoms. The molecule has 144 valence electrons. The van der Waals surface area contributed by atoms with Gasteiger partial charge in [0, 0.05) is 24.9 Å². The number of halogens is 1. The summed E-state index contributed by atoms with van der Waals surface area (Å²) in [6, 6.07) is 9.86. The molecule has 3 aromatic rings. The second-order valence-corrected chi connectivity index (χ2v) is 6.77. The summed E-state index contributed by atoms with van der Waals surface area (Å²) in [6.45, 7) is 3.16. The Morgan fingerprint density at radius 1 is 1.18 bits per heavy atom. The normalized spacial score (nSPS) is 16.9. The maximum absolute atomic E-state index is 13.0. The fourth-order valence-electron chi connectivity index (χ4n) is 3.12. The number of carbonyl (C=O) groups excluding carboxylic acids is 1. The van der Waals surface area contributed by atoms with Crippen LogP contribution in [-0.4, -0.2) is 40.5 Å². The van der Waals surface area contributed by atoms with E-state index in [0.29, 0.717) is 43.3 Å². The van der Waals surface area contributed by atoms with Crippen LogP contribution in [0.3, 0.4) is 0 Å². The summed E-state index contributed by atoms with van der Waals surface area (Å²) >= 11 is 0. The highest BCUT2D eigenvalue weighted by Gasteiger charge is 2.29. The zero-order valence-electron chi connectivity index (χ0n) is 15.5. The number of morpholine rings is 1. The van der Waals surface area contributed by atoms with Gasteiger partial charge >= 0.3 is 0 Å². The number of amides is 1. The van der Waals surface area contributed by atoms with Crippen molar-refractivity contribution in [3.8, 4) is 0 Å². The van der Waals surface area contributed by atoms with Crippen molar-refractivity contribution < 1.29 is 18.3 Å². The number of rotatable bonds is 4. The van der Waals surface area contributed by atoms with Crippen molar-refractivity contribution in [2.75, 3.05) is 19.7 Å². The lowest BCUT2D eigenvalue weighted by atomic mass is 10.1. The Labute approximate surface area is 162 Å². The van der Waals surface area contributed by atoms with Crippen LogP contribution in [0.5, 0.6) is 0 Å². The van der Waals surface area contributed by atoms with Crippen molar-refractivity contribution in [1.29, 1.82) is 0 Å². The molecule has 7 heteroatoms. The summed E-state index contributed by atoms with van der Waals surface area (Å²) in [5.41, 5.74) is 2.35. The minimum absolute atomic E-state index is 0.0844.